The number of carboxylic acids is 1. The van der Waals surface area contributed by atoms with Crippen LogP contribution in [-0.4, -0.2) is 30.8 Å². The molecule has 0 bridgehead atoms. The number of carboxylic acid groups (broad SMARTS) is 1. The predicted octanol–water partition coefficient (Wildman–Crippen LogP) is 1.83. The molecule has 0 saturated heterocycles. The molecule has 2 N–H and O–H groups in total. The van der Waals surface area contributed by atoms with Crippen molar-refractivity contribution in [2.24, 2.45) is 5.92 Å². The van der Waals surface area contributed by atoms with Crippen molar-refractivity contribution < 1.29 is 14.6 Å². The average Bonchev–Trinajstić information content (AvgIpc) is 3.19. The summed E-state index contributed by atoms with van der Waals surface area (Å²) in [5.41, 5.74) is 1.92. The molecule has 0 radical (unpaired) electrons. The van der Waals surface area contributed by atoms with Crippen LogP contribution in [0, 0.1) is 5.92 Å². The molecule has 4 heteroatoms. The van der Waals surface area contributed by atoms with Crippen molar-refractivity contribution in [3.63, 3.8) is 0 Å². The van der Waals surface area contributed by atoms with Crippen molar-refractivity contribution in [1.82, 2.24) is 5.32 Å². The van der Waals surface area contributed by atoms with Crippen LogP contribution in [0.1, 0.15) is 24.0 Å². The molecule has 1 aliphatic carbocycles. The minimum absolute atomic E-state index is 0.0794. The van der Waals surface area contributed by atoms with Crippen LogP contribution in [0.5, 0.6) is 0 Å². The standard InChI is InChI=1S/C15H21NO3/c17-15(18)9-13-3-1-2-4-14(13)10-16-7-8-19-11-12-5-6-12/h1-4,12,16H,5-11H2,(H,17,18). The molecule has 1 fully saturated rings. The topological polar surface area (TPSA) is 58.6 Å². The van der Waals surface area contributed by atoms with Crippen molar-refractivity contribution in [3.8, 4) is 0 Å². The Morgan fingerprint density at radius 3 is 2.74 bits per heavy atom. The molecule has 0 spiro atoms. The summed E-state index contributed by atoms with van der Waals surface area (Å²) < 4.78 is 5.53. The predicted molar refractivity (Wildman–Crippen MR) is 73.0 cm³/mol. The van der Waals surface area contributed by atoms with Crippen molar-refractivity contribution in [2.75, 3.05) is 19.8 Å². The van der Waals surface area contributed by atoms with Gasteiger partial charge in [0.05, 0.1) is 13.0 Å². The van der Waals surface area contributed by atoms with E-state index >= 15 is 0 Å². The van der Waals surface area contributed by atoms with Crippen molar-refractivity contribution >= 4 is 5.97 Å². The van der Waals surface area contributed by atoms with Crippen molar-refractivity contribution in [1.29, 1.82) is 0 Å². The lowest BCUT2D eigenvalue weighted by atomic mass is 10.0. The van der Waals surface area contributed by atoms with Gasteiger partial charge in [-0.3, -0.25) is 4.79 Å². The SMILES string of the molecule is O=C(O)Cc1ccccc1CNCCOCC1CC1. The largest absolute Gasteiger partial charge is 0.481 e. The van der Waals surface area contributed by atoms with Gasteiger partial charge in [-0.05, 0) is 29.9 Å². The average molecular weight is 263 g/mol. The number of aliphatic carboxylic acids is 1. The Balaban J connectivity index is 1.67. The van der Waals surface area contributed by atoms with E-state index in [0.717, 1.165) is 36.8 Å². The lowest BCUT2D eigenvalue weighted by Crippen LogP contribution is -2.20. The minimum atomic E-state index is -0.791. The van der Waals surface area contributed by atoms with E-state index in [1.54, 1.807) is 0 Å². The first-order valence-electron chi connectivity index (χ1n) is 6.82. The number of carbonyl (C=O) groups is 1. The van der Waals surface area contributed by atoms with Gasteiger partial charge in [0, 0.05) is 19.7 Å². The summed E-state index contributed by atoms with van der Waals surface area (Å²) in [5, 5.41) is 12.1. The fourth-order valence-electron chi connectivity index (χ4n) is 1.97. The number of hydrogen-bond acceptors (Lipinski definition) is 3. The summed E-state index contributed by atoms with van der Waals surface area (Å²) in [6.07, 6.45) is 2.71. The highest BCUT2D eigenvalue weighted by atomic mass is 16.5. The van der Waals surface area contributed by atoms with Gasteiger partial charge in [-0.2, -0.15) is 0 Å². The maximum atomic E-state index is 10.8. The molecule has 1 saturated carbocycles. The van der Waals surface area contributed by atoms with E-state index in [1.165, 1.54) is 12.8 Å². The van der Waals surface area contributed by atoms with Crippen LogP contribution in [0.25, 0.3) is 0 Å². The smallest absolute Gasteiger partial charge is 0.307 e. The zero-order valence-electron chi connectivity index (χ0n) is 11.1. The number of benzene rings is 1. The molecule has 0 atom stereocenters. The molecular weight excluding hydrogens is 242 g/mol. The first-order chi connectivity index (χ1) is 9.25. The minimum Gasteiger partial charge on any atom is -0.481 e. The van der Waals surface area contributed by atoms with Crippen LogP contribution in [0.2, 0.25) is 0 Å². The van der Waals surface area contributed by atoms with E-state index in [4.69, 9.17) is 9.84 Å². The van der Waals surface area contributed by atoms with Gasteiger partial charge in [0.2, 0.25) is 0 Å². The number of ether oxygens (including phenoxy) is 1. The Bertz CT molecular complexity index is 416. The van der Waals surface area contributed by atoms with Gasteiger partial charge >= 0.3 is 5.97 Å². The van der Waals surface area contributed by atoms with E-state index in [1.807, 2.05) is 24.3 Å². The van der Waals surface area contributed by atoms with Gasteiger partial charge in [0.15, 0.2) is 0 Å². The fourth-order valence-corrected chi connectivity index (χ4v) is 1.97. The molecular formula is C15H21NO3. The van der Waals surface area contributed by atoms with Gasteiger partial charge in [-0.25, -0.2) is 0 Å². The molecule has 104 valence electrons. The molecule has 1 aromatic carbocycles. The normalized spacial score (nSPS) is 14.5. The van der Waals surface area contributed by atoms with Gasteiger partial charge in [-0.1, -0.05) is 24.3 Å². The van der Waals surface area contributed by atoms with Gasteiger partial charge in [0.25, 0.3) is 0 Å². The molecule has 1 aliphatic rings. The molecule has 0 aromatic heterocycles. The lowest BCUT2D eigenvalue weighted by Gasteiger charge is -2.09. The maximum Gasteiger partial charge on any atom is 0.307 e. The fraction of sp³-hybridized carbons (Fsp3) is 0.533. The van der Waals surface area contributed by atoms with Gasteiger partial charge in [-0.15, -0.1) is 0 Å². The highest BCUT2D eigenvalue weighted by Crippen LogP contribution is 2.28. The van der Waals surface area contributed by atoms with E-state index in [-0.39, 0.29) is 6.42 Å². The van der Waals surface area contributed by atoms with E-state index in [9.17, 15) is 4.79 Å². The van der Waals surface area contributed by atoms with E-state index in [2.05, 4.69) is 5.32 Å². The number of hydrogen-bond donors (Lipinski definition) is 2. The lowest BCUT2D eigenvalue weighted by molar-refractivity contribution is -0.136. The summed E-state index contributed by atoms with van der Waals surface area (Å²) in [7, 11) is 0. The first kappa shape index (κ1) is 14.0. The van der Waals surface area contributed by atoms with Crippen LogP contribution in [-0.2, 0) is 22.5 Å². The third kappa shape index (κ3) is 5.41. The third-order valence-corrected chi connectivity index (χ3v) is 3.25. The summed E-state index contributed by atoms with van der Waals surface area (Å²) >= 11 is 0. The van der Waals surface area contributed by atoms with Gasteiger partial charge in [0.1, 0.15) is 0 Å². The van der Waals surface area contributed by atoms with Crippen LogP contribution >= 0.6 is 0 Å². The maximum absolute atomic E-state index is 10.8. The van der Waals surface area contributed by atoms with Crippen molar-refractivity contribution in [2.45, 2.75) is 25.8 Å². The Morgan fingerprint density at radius 1 is 1.32 bits per heavy atom. The quantitative estimate of drug-likeness (QED) is 0.667. The molecule has 0 heterocycles. The molecule has 2 rings (SSSR count). The van der Waals surface area contributed by atoms with E-state index < -0.39 is 5.97 Å². The summed E-state index contributed by atoms with van der Waals surface area (Å²) in [6.45, 7) is 3.10. The van der Waals surface area contributed by atoms with Gasteiger partial charge < -0.3 is 15.2 Å². The second kappa shape index (κ2) is 7.26. The summed E-state index contributed by atoms with van der Waals surface area (Å²) in [4.78, 5) is 10.8. The summed E-state index contributed by atoms with van der Waals surface area (Å²) in [6, 6.07) is 7.65. The van der Waals surface area contributed by atoms with Crippen molar-refractivity contribution in [3.05, 3.63) is 35.4 Å². The third-order valence-electron chi connectivity index (χ3n) is 3.25. The van der Waals surface area contributed by atoms with Crippen LogP contribution < -0.4 is 5.32 Å². The second-order valence-electron chi connectivity index (χ2n) is 5.03. The Hall–Kier alpha value is -1.39. The summed E-state index contributed by atoms with van der Waals surface area (Å²) in [5.74, 6) is 0.0107. The Labute approximate surface area is 113 Å². The number of nitrogens with one attached hydrogen (secondary N) is 1. The molecule has 1 aromatic rings. The van der Waals surface area contributed by atoms with Crippen LogP contribution in [0.4, 0.5) is 0 Å². The molecule has 0 aliphatic heterocycles. The molecule has 0 unspecified atom stereocenters. The Morgan fingerprint density at radius 2 is 2.05 bits per heavy atom. The second-order valence-corrected chi connectivity index (χ2v) is 5.03. The van der Waals surface area contributed by atoms with Crippen LogP contribution in [0.3, 0.4) is 0 Å². The highest BCUT2D eigenvalue weighted by molar-refractivity contribution is 5.70. The zero-order valence-corrected chi connectivity index (χ0v) is 11.1. The van der Waals surface area contributed by atoms with E-state index in [0.29, 0.717) is 6.54 Å². The molecule has 19 heavy (non-hydrogen) atoms. The monoisotopic (exact) mass is 263 g/mol. The Kier molecular flexibility index (Phi) is 5.36. The van der Waals surface area contributed by atoms with Crippen LogP contribution in [0.15, 0.2) is 24.3 Å². The highest BCUT2D eigenvalue weighted by Gasteiger charge is 2.20. The first-order valence-corrected chi connectivity index (χ1v) is 6.82. The molecule has 0 amide bonds. The molecule has 4 nitrogen and oxygen atoms in total. The zero-order chi connectivity index (χ0) is 13.5. The number of rotatable bonds is 9.